The maximum absolute atomic E-state index is 12.7. The highest BCUT2D eigenvalue weighted by Crippen LogP contribution is 2.12. The van der Waals surface area contributed by atoms with Crippen molar-refractivity contribution >= 4 is 5.82 Å². The first-order valence-electron chi connectivity index (χ1n) is 6.21. The summed E-state index contributed by atoms with van der Waals surface area (Å²) >= 11 is 0. The third-order valence-electron chi connectivity index (χ3n) is 2.46. The van der Waals surface area contributed by atoms with E-state index < -0.39 is 0 Å². The van der Waals surface area contributed by atoms with E-state index in [1.807, 2.05) is 0 Å². The van der Waals surface area contributed by atoms with Crippen molar-refractivity contribution in [3.8, 4) is 5.75 Å². The van der Waals surface area contributed by atoms with E-state index in [1.165, 1.54) is 12.1 Å². The van der Waals surface area contributed by atoms with Crippen LogP contribution in [0.3, 0.4) is 0 Å². The van der Waals surface area contributed by atoms with Crippen LogP contribution < -0.4 is 10.1 Å². The van der Waals surface area contributed by atoms with Gasteiger partial charge in [-0.05, 0) is 30.7 Å². The van der Waals surface area contributed by atoms with Crippen molar-refractivity contribution in [3.63, 3.8) is 0 Å². The minimum Gasteiger partial charge on any atom is -0.487 e. The molecule has 0 atom stereocenters. The van der Waals surface area contributed by atoms with E-state index in [2.05, 4.69) is 22.2 Å². The Morgan fingerprint density at radius 3 is 2.58 bits per heavy atom. The van der Waals surface area contributed by atoms with Crippen LogP contribution in [0.25, 0.3) is 0 Å². The van der Waals surface area contributed by atoms with Crippen molar-refractivity contribution in [2.45, 2.75) is 20.0 Å². The van der Waals surface area contributed by atoms with Crippen molar-refractivity contribution < 1.29 is 9.13 Å². The van der Waals surface area contributed by atoms with E-state index in [4.69, 9.17) is 4.74 Å². The molecule has 0 saturated carbocycles. The monoisotopic (exact) mass is 261 g/mol. The van der Waals surface area contributed by atoms with E-state index >= 15 is 0 Å². The molecule has 1 heterocycles. The van der Waals surface area contributed by atoms with Gasteiger partial charge in [0, 0.05) is 6.54 Å². The minimum atomic E-state index is -0.279. The van der Waals surface area contributed by atoms with Crippen LogP contribution in [0.1, 0.15) is 19.0 Å². The lowest BCUT2D eigenvalue weighted by atomic mass is 10.3. The van der Waals surface area contributed by atoms with Crippen LogP contribution in [-0.2, 0) is 6.61 Å². The SMILES string of the molecule is CCCNc1cnc(COc2ccc(F)cc2)cn1. The molecule has 1 N–H and O–H groups in total. The van der Waals surface area contributed by atoms with Gasteiger partial charge in [0.25, 0.3) is 0 Å². The Kier molecular flexibility index (Phi) is 4.66. The zero-order valence-electron chi connectivity index (χ0n) is 10.8. The normalized spacial score (nSPS) is 10.2. The van der Waals surface area contributed by atoms with E-state index in [9.17, 15) is 4.39 Å². The number of nitrogens with zero attached hydrogens (tertiary/aromatic N) is 2. The molecule has 1 aromatic heterocycles. The van der Waals surface area contributed by atoms with Gasteiger partial charge >= 0.3 is 0 Å². The fourth-order valence-electron chi connectivity index (χ4n) is 1.46. The van der Waals surface area contributed by atoms with Gasteiger partial charge in [0.15, 0.2) is 0 Å². The quantitative estimate of drug-likeness (QED) is 0.868. The molecule has 0 amide bonds. The predicted molar refractivity (Wildman–Crippen MR) is 71.5 cm³/mol. The summed E-state index contributed by atoms with van der Waals surface area (Å²) in [6.45, 7) is 3.28. The van der Waals surface area contributed by atoms with Crippen molar-refractivity contribution in [2.24, 2.45) is 0 Å². The Balaban J connectivity index is 1.87. The van der Waals surface area contributed by atoms with Crippen LogP contribution in [0.15, 0.2) is 36.7 Å². The first-order chi connectivity index (χ1) is 9.28. The van der Waals surface area contributed by atoms with E-state index in [0.717, 1.165) is 24.5 Å². The van der Waals surface area contributed by atoms with Crippen molar-refractivity contribution in [1.82, 2.24) is 9.97 Å². The number of halogens is 1. The predicted octanol–water partition coefficient (Wildman–Crippen LogP) is 3.02. The first kappa shape index (κ1) is 13.3. The molecule has 2 aromatic rings. The van der Waals surface area contributed by atoms with Crippen molar-refractivity contribution in [1.29, 1.82) is 0 Å². The largest absolute Gasteiger partial charge is 0.487 e. The Hall–Kier alpha value is -2.17. The lowest BCUT2D eigenvalue weighted by molar-refractivity contribution is 0.300. The average Bonchev–Trinajstić information content (AvgIpc) is 2.46. The highest BCUT2D eigenvalue weighted by Gasteiger charge is 1.99. The molecule has 2 rings (SSSR count). The molecule has 0 aliphatic carbocycles. The van der Waals surface area contributed by atoms with Crippen LogP contribution in [0.4, 0.5) is 10.2 Å². The lowest BCUT2D eigenvalue weighted by Gasteiger charge is -2.06. The molecule has 100 valence electrons. The highest BCUT2D eigenvalue weighted by molar-refractivity contribution is 5.30. The van der Waals surface area contributed by atoms with E-state index in [0.29, 0.717) is 12.4 Å². The second-order valence-corrected chi connectivity index (χ2v) is 4.06. The third kappa shape index (κ3) is 4.21. The number of benzene rings is 1. The molecule has 0 aliphatic heterocycles. The molecular weight excluding hydrogens is 245 g/mol. The second-order valence-electron chi connectivity index (χ2n) is 4.06. The van der Waals surface area contributed by atoms with Crippen LogP contribution >= 0.6 is 0 Å². The number of nitrogens with one attached hydrogen (secondary N) is 1. The fraction of sp³-hybridized carbons (Fsp3) is 0.286. The van der Waals surface area contributed by atoms with Gasteiger partial charge in [-0.1, -0.05) is 6.92 Å². The molecule has 0 unspecified atom stereocenters. The molecule has 19 heavy (non-hydrogen) atoms. The molecule has 0 bridgehead atoms. The van der Waals surface area contributed by atoms with Gasteiger partial charge in [-0.3, -0.25) is 4.98 Å². The van der Waals surface area contributed by atoms with Gasteiger partial charge in [-0.2, -0.15) is 0 Å². The summed E-state index contributed by atoms with van der Waals surface area (Å²) in [6.07, 6.45) is 4.39. The molecule has 1 aromatic carbocycles. The summed E-state index contributed by atoms with van der Waals surface area (Å²) in [5, 5.41) is 3.15. The second kappa shape index (κ2) is 6.68. The number of anilines is 1. The number of hydrogen-bond acceptors (Lipinski definition) is 4. The Morgan fingerprint density at radius 2 is 1.95 bits per heavy atom. The van der Waals surface area contributed by atoms with Crippen molar-refractivity contribution in [2.75, 3.05) is 11.9 Å². The maximum atomic E-state index is 12.7. The molecule has 0 saturated heterocycles. The van der Waals surface area contributed by atoms with Gasteiger partial charge in [0.1, 0.15) is 24.0 Å². The fourth-order valence-corrected chi connectivity index (χ4v) is 1.46. The molecule has 5 heteroatoms. The number of aromatic nitrogens is 2. The Labute approximate surface area is 111 Å². The molecule has 4 nitrogen and oxygen atoms in total. The van der Waals surface area contributed by atoms with Crippen LogP contribution in [0, 0.1) is 5.82 Å². The molecular formula is C14H16FN3O. The van der Waals surface area contributed by atoms with Crippen LogP contribution in [0.2, 0.25) is 0 Å². The zero-order valence-corrected chi connectivity index (χ0v) is 10.8. The lowest BCUT2D eigenvalue weighted by Crippen LogP contribution is -2.04. The van der Waals surface area contributed by atoms with Gasteiger partial charge in [-0.15, -0.1) is 0 Å². The number of hydrogen-bond donors (Lipinski definition) is 1. The summed E-state index contributed by atoms with van der Waals surface area (Å²) in [4.78, 5) is 8.47. The zero-order chi connectivity index (χ0) is 13.5. The minimum absolute atomic E-state index is 0.279. The first-order valence-corrected chi connectivity index (χ1v) is 6.21. The summed E-state index contributed by atoms with van der Waals surface area (Å²) in [7, 11) is 0. The van der Waals surface area contributed by atoms with Gasteiger partial charge in [0.05, 0.1) is 18.1 Å². The summed E-state index contributed by atoms with van der Waals surface area (Å²) < 4.78 is 18.2. The highest BCUT2D eigenvalue weighted by atomic mass is 19.1. The topological polar surface area (TPSA) is 47.0 Å². The summed E-state index contributed by atoms with van der Waals surface area (Å²) in [5.74, 6) is 1.09. The van der Waals surface area contributed by atoms with Crippen molar-refractivity contribution in [3.05, 3.63) is 48.2 Å². The standard InChI is InChI=1S/C14H16FN3O/c1-2-7-16-14-9-17-12(8-18-14)10-19-13-5-3-11(15)4-6-13/h3-6,8-9H,2,7,10H2,1H3,(H,16,18). The van der Waals surface area contributed by atoms with E-state index in [-0.39, 0.29) is 5.82 Å². The number of rotatable bonds is 6. The van der Waals surface area contributed by atoms with Gasteiger partial charge < -0.3 is 10.1 Å². The van der Waals surface area contributed by atoms with Gasteiger partial charge in [0.2, 0.25) is 0 Å². The van der Waals surface area contributed by atoms with Crippen LogP contribution in [-0.4, -0.2) is 16.5 Å². The Bertz CT molecular complexity index is 499. The molecule has 0 fully saturated rings. The van der Waals surface area contributed by atoms with E-state index in [1.54, 1.807) is 24.5 Å². The molecule has 0 spiro atoms. The maximum Gasteiger partial charge on any atom is 0.144 e. The average molecular weight is 261 g/mol. The number of ether oxygens (including phenoxy) is 1. The third-order valence-corrected chi connectivity index (χ3v) is 2.46. The van der Waals surface area contributed by atoms with Gasteiger partial charge in [-0.25, -0.2) is 9.37 Å². The smallest absolute Gasteiger partial charge is 0.144 e. The molecule has 0 radical (unpaired) electrons. The molecule has 0 aliphatic rings. The Morgan fingerprint density at radius 1 is 1.16 bits per heavy atom. The van der Waals surface area contributed by atoms with Crippen LogP contribution in [0.5, 0.6) is 5.75 Å². The summed E-state index contributed by atoms with van der Waals surface area (Å²) in [6, 6.07) is 5.89. The summed E-state index contributed by atoms with van der Waals surface area (Å²) in [5.41, 5.74) is 0.728.